The van der Waals surface area contributed by atoms with Gasteiger partial charge < -0.3 is 3.98 Å². The van der Waals surface area contributed by atoms with E-state index in [0.29, 0.717) is 0 Å². The molecule has 2 heteroatoms. The normalized spacial score (nSPS) is 11.9. The van der Waals surface area contributed by atoms with Crippen LogP contribution in [0.15, 0.2) is 3.98 Å². The van der Waals surface area contributed by atoms with Gasteiger partial charge in [-0.1, -0.05) is 50.6 Å². The van der Waals surface area contributed by atoms with Crippen molar-refractivity contribution in [1.29, 1.82) is 0 Å². The third kappa shape index (κ3) is 6.30. The van der Waals surface area contributed by atoms with Gasteiger partial charge >= 0.3 is 14.4 Å². The van der Waals surface area contributed by atoms with Gasteiger partial charge in [-0.15, -0.1) is 0 Å². The fourth-order valence-electron chi connectivity index (χ4n) is 1.61. The van der Waals surface area contributed by atoms with E-state index in [1.807, 2.05) is 0 Å². The van der Waals surface area contributed by atoms with Crippen molar-refractivity contribution in [2.45, 2.75) is 63.4 Å². The molecule has 0 aromatic rings. The van der Waals surface area contributed by atoms with E-state index in [9.17, 15) is 0 Å². The zero-order chi connectivity index (χ0) is 10.3. The minimum Gasteiger partial charge on any atom is -0.408 e. The van der Waals surface area contributed by atoms with E-state index in [-0.39, 0.29) is 0 Å². The van der Waals surface area contributed by atoms with E-state index >= 15 is 0 Å². The van der Waals surface area contributed by atoms with Crippen molar-refractivity contribution < 1.29 is 0 Å². The molecule has 0 aliphatic rings. The maximum absolute atomic E-state index is 4.77. The van der Waals surface area contributed by atoms with Crippen molar-refractivity contribution >= 4 is 20.6 Å². The first-order chi connectivity index (χ1) is 6.09. The Morgan fingerprint density at radius 3 is 2.08 bits per heavy atom. The van der Waals surface area contributed by atoms with Crippen LogP contribution in [0.2, 0.25) is 9.56 Å². The molecule has 0 fully saturated rings. The molecule has 0 saturated carbocycles. The molecule has 0 heterocycles. The summed E-state index contributed by atoms with van der Waals surface area (Å²) in [7, 11) is 0. The van der Waals surface area contributed by atoms with Crippen LogP contribution in [-0.2, 0) is 0 Å². The van der Waals surface area contributed by atoms with Gasteiger partial charge in [0.05, 0.1) is 0 Å². The van der Waals surface area contributed by atoms with Crippen molar-refractivity contribution in [3.63, 3.8) is 0 Å². The molecule has 0 aromatic heterocycles. The predicted octanol–water partition coefficient (Wildman–Crippen LogP) is 4.06. The molecule has 0 rings (SSSR count). The fourth-order valence-corrected chi connectivity index (χ4v) is 4.23. The Morgan fingerprint density at radius 1 is 1.15 bits per heavy atom. The Morgan fingerprint density at radius 2 is 1.69 bits per heavy atom. The maximum Gasteiger partial charge on any atom is 0.440 e. The summed E-state index contributed by atoms with van der Waals surface area (Å²) in [5.41, 5.74) is 0. The first-order valence-electron chi connectivity index (χ1n) is 5.61. The number of nitrogens with zero attached hydrogens (tertiary/aromatic N) is 1. The van der Waals surface area contributed by atoms with Gasteiger partial charge in [0.25, 0.3) is 0 Å². The van der Waals surface area contributed by atoms with Crippen molar-refractivity contribution in [3.8, 4) is 0 Å². The molecule has 1 nitrogen and oxygen atoms in total. The van der Waals surface area contributed by atoms with Crippen LogP contribution < -0.4 is 0 Å². The van der Waals surface area contributed by atoms with E-state index in [1.165, 1.54) is 19.3 Å². The molecule has 0 saturated heterocycles. The standard InChI is InChI=1S/C5H10N.2C3H7.Al/c1-2-3-4-5-6;2*1-3-2;/h5H,2-4H2,1H3;2*3H,1-2H3;/q-1;;;+1. The van der Waals surface area contributed by atoms with E-state index < -0.39 is 14.4 Å². The van der Waals surface area contributed by atoms with Crippen molar-refractivity contribution in [1.82, 2.24) is 0 Å². The topological polar surface area (TPSA) is 12.4 Å². The molecule has 13 heavy (non-hydrogen) atoms. The van der Waals surface area contributed by atoms with Crippen LogP contribution in [0.1, 0.15) is 53.9 Å². The molecule has 76 valence electrons. The average molecular weight is 197 g/mol. The van der Waals surface area contributed by atoms with Crippen molar-refractivity contribution in [3.05, 3.63) is 0 Å². The average Bonchev–Trinajstić information content (AvgIpc) is 2.02. The molecule has 0 radical (unpaired) electrons. The Balaban J connectivity index is 3.87. The van der Waals surface area contributed by atoms with Crippen LogP contribution in [0.25, 0.3) is 0 Å². The largest absolute Gasteiger partial charge is 0.440 e. The number of hydrogen-bond donors (Lipinski definition) is 0. The van der Waals surface area contributed by atoms with E-state index in [0.717, 1.165) is 9.56 Å². The van der Waals surface area contributed by atoms with Gasteiger partial charge in [-0.25, -0.2) is 0 Å². The second kappa shape index (κ2) is 7.59. The molecule has 0 aliphatic heterocycles. The molecule has 0 spiro atoms. The molecule has 0 amide bonds. The van der Waals surface area contributed by atoms with Gasteiger partial charge in [0.15, 0.2) is 0 Å². The van der Waals surface area contributed by atoms with Gasteiger partial charge in [0.1, 0.15) is 0 Å². The van der Waals surface area contributed by atoms with Crippen LogP contribution in [0.3, 0.4) is 0 Å². The highest BCUT2D eigenvalue weighted by molar-refractivity contribution is 6.60. The third-order valence-electron chi connectivity index (χ3n) is 2.33. The molecule has 0 aromatic carbocycles. The highest BCUT2D eigenvalue weighted by atomic mass is 27.2. The lowest BCUT2D eigenvalue weighted by molar-refractivity contribution is 0.842. The first kappa shape index (κ1) is 13.2. The van der Waals surface area contributed by atoms with Crippen LogP contribution in [-0.4, -0.2) is 20.6 Å². The molecule has 0 aliphatic carbocycles. The molecule has 0 N–H and O–H groups in total. The highest BCUT2D eigenvalue weighted by Gasteiger charge is 2.25. The zero-order valence-corrected chi connectivity index (χ0v) is 11.0. The summed E-state index contributed by atoms with van der Waals surface area (Å²) >= 11 is -0.854. The van der Waals surface area contributed by atoms with Crippen molar-refractivity contribution in [2.24, 2.45) is 3.98 Å². The van der Waals surface area contributed by atoms with Gasteiger partial charge in [-0.2, -0.15) is 0 Å². The van der Waals surface area contributed by atoms with E-state index in [1.54, 1.807) is 0 Å². The fraction of sp³-hybridized carbons (Fsp3) is 0.909. The number of rotatable bonds is 6. The maximum atomic E-state index is 4.77. The molecule has 0 unspecified atom stereocenters. The predicted molar refractivity (Wildman–Crippen MR) is 64.0 cm³/mol. The minimum absolute atomic E-state index is 0.804. The summed E-state index contributed by atoms with van der Waals surface area (Å²) in [6.07, 6.45) is 5.93. The number of unbranched alkanes of at least 4 members (excludes halogenated alkanes) is 2. The van der Waals surface area contributed by atoms with Gasteiger partial charge in [-0.05, 0) is 19.1 Å². The second-order valence-corrected chi connectivity index (χ2v) is 8.40. The first-order valence-corrected chi connectivity index (χ1v) is 7.46. The van der Waals surface area contributed by atoms with Crippen LogP contribution in [0.5, 0.6) is 0 Å². The summed E-state index contributed by atoms with van der Waals surface area (Å²) in [6, 6.07) is 0. The Bertz CT molecular complexity index is 133. The zero-order valence-electron chi connectivity index (χ0n) is 9.88. The lowest BCUT2D eigenvalue weighted by atomic mass is 10.3. The summed E-state index contributed by atoms with van der Waals surface area (Å²) in [5.74, 6) is 0. The molecule has 0 bridgehead atoms. The van der Waals surface area contributed by atoms with E-state index in [2.05, 4.69) is 40.8 Å². The lowest BCUT2D eigenvalue weighted by Gasteiger charge is -2.13. The summed E-state index contributed by atoms with van der Waals surface area (Å²) in [5, 5.41) is 0. The van der Waals surface area contributed by atoms with Crippen LogP contribution in [0.4, 0.5) is 0 Å². The summed E-state index contributed by atoms with van der Waals surface area (Å²) in [6.45, 7) is 11.5. The second-order valence-electron chi connectivity index (χ2n) is 4.45. The summed E-state index contributed by atoms with van der Waals surface area (Å²) in [4.78, 5) is 0. The van der Waals surface area contributed by atoms with Crippen molar-refractivity contribution in [2.75, 3.05) is 0 Å². The Labute approximate surface area is 88.3 Å². The van der Waals surface area contributed by atoms with Gasteiger partial charge in [0, 0.05) is 0 Å². The van der Waals surface area contributed by atoms with Crippen LogP contribution >= 0.6 is 0 Å². The SMILES string of the molecule is CCCC/C=[N]/[Al]([CH](C)C)[CH](C)C. The molecular weight excluding hydrogens is 173 g/mol. The van der Waals surface area contributed by atoms with Crippen LogP contribution in [0, 0.1) is 0 Å². The quantitative estimate of drug-likeness (QED) is 0.346. The van der Waals surface area contributed by atoms with E-state index in [4.69, 9.17) is 3.98 Å². The monoisotopic (exact) mass is 197 g/mol. The smallest absolute Gasteiger partial charge is 0.408 e. The van der Waals surface area contributed by atoms with Gasteiger partial charge in [0.2, 0.25) is 0 Å². The Kier molecular flexibility index (Phi) is 7.71. The third-order valence-corrected chi connectivity index (χ3v) is 5.62. The minimum atomic E-state index is -0.854. The Hall–Kier alpha value is 0.202. The molecular formula is C11H24AlN. The summed E-state index contributed by atoms with van der Waals surface area (Å²) < 4.78 is 6.38. The molecule has 0 atom stereocenters. The van der Waals surface area contributed by atoms with Gasteiger partial charge in [-0.3, -0.25) is 0 Å². The highest BCUT2D eigenvalue weighted by Crippen LogP contribution is 2.20. The lowest BCUT2D eigenvalue weighted by Crippen LogP contribution is -2.18. The number of hydrogen-bond acceptors (Lipinski definition) is 1.